The Balaban J connectivity index is 2.04. The monoisotopic (exact) mass is 480 g/mol. The number of alkyl halides is 1. The number of carbonyl (C=O) groups is 2. The molecule has 1 aliphatic carbocycles. The van der Waals surface area contributed by atoms with Gasteiger partial charge in [-0.05, 0) is 44.1 Å². The topological polar surface area (TPSA) is 95.1 Å². The van der Waals surface area contributed by atoms with Crippen molar-refractivity contribution in [2.75, 3.05) is 20.8 Å². The summed E-state index contributed by atoms with van der Waals surface area (Å²) in [6.45, 7) is 5.69. The number of methoxy groups -OCH3 is 2. The molecule has 4 atom stereocenters. The second kappa shape index (κ2) is 12.7. The first-order chi connectivity index (χ1) is 15.7. The van der Waals surface area contributed by atoms with Crippen molar-refractivity contribution in [3.8, 4) is 0 Å². The first kappa shape index (κ1) is 26.9. The highest BCUT2D eigenvalue weighted by Gasteiger charge is 2.36. The first-order valence-electron chi connectivity index (χ1n) is 10.8. The summed E-state index contributed by atoms with van der Waals surface area (Å²) in [5.74, 6) is -0.408. The molecular weight excluding hydrogens is 448 g/mol. The number of alkyl carbamates (subject to hydrolysis) is 1. The van der Waals surface area contributed by atoms with Crippen molar-refractivity contribution in [2.24, 2.45) is 0 Å². The van der Waals surface area contributed by atoms with Crippen molar-refractivity contribution in [2.45, 2.75) is 56.8 Å². The lowest BCUT2D eigenvalue weighted by atomic mass is 10.0. The van der Waals surface area contributed by atoms with Gasteiger partial charge in [0.25, 0.3) is 0 Å². The van der Waals surface area contributed by atoms with Crippen LogP contribution in [0.3, 0.4) is 0 Å². The molecule has 2 N–H and O–H groups in total. The molecule has 0 bridgehead atoms. The Hall–Kier alpha value is -2.39. The van der Waals surface area contributed by atoms with E-state index < -0.39 is 35.3 Å². The molecule has 1 aromatic carbocycles. The molecule has 2 amide bonds. The molecule has 0 aliphatic heterocycles. The number of halogens is 1. The van der Waals surface area contributed by atoms with Crippen LogP contribution in [-0.4, -0.2) is 62.2 Å². The maximum atomic E-state index is 13.0. The standard InChI is InChI=1S/C24H33ClN2O6/c1-16(2)33-23(29)27-21(17(3)32-15-18-9-7-6-8-10-18)22(28)26-14-19-11-12-24(25,31-5)20(13-19)30-4/h6-13,16-17,20-21H,14-15H2,1-5H3,(H,26,28)(H,27,29)/t17-,20?,21+,24?/m1/s1. The summed E-state index contributed by atoms with van der Waals surface area (Å²) in [7, 11) is 3.02. The number of ether oxygens (including phenoxy) is 4. The van der Waals surface area contributed by atoms with Crippen molar-refractivity contribution in [3.05, 3.63) is 59.7 Å². The van der Waals surface area contributed by atoms with Crippen molar-refractivity contribution < 1.29 is 28.5 Å². The highest BCUT2D eigenvalue weighted by molar-refractivity contribution is 6.25. The van der Waals surface area contributed by atoms with Gasteiger partial charge in [0, 0.05) is 20.8 Å². The lowest BCUT2D eigenvalue weighted by molar-refractivity contribution is -0.126. The molecule has 0 spiro atoms. The number of hydrogen-bond acceptors (Lipinski definition) is 6. The van der Waals surface area contributed by atoms with Crippen molar-refractivity contribution >= 4 is 23.6 Å². The molecule has 1 aliphatic rings. The SMILES string of the molecule is COC1C=C(CNC(=O)[C@@H](NC(=O)OC(C)C)[C@@H](C)OCc2ccccc2)C=CC1(Cl)OC. The fourth-order valence-corrected chi connectivity index (χ4v) is 3.39. The van der Waals surface area contributed by atoms with Gasteiger partial charge in [0.05, 0.1) is 18.8 Å². The minimum Gasteiger partial charge on any atom is -0.447 e. The third-order valence-electron chi connectivity index (χ3n) is 5.04. The number of rotatable bonds is 11. The molecule has 9 heteroatoms. The van der Waals surface area contributed by atoms with Crippen LogP contribution in [0.4, 0.5) is 4.79 Å². The zero-order valence-electron chi connectivity index (χ0n) is 19.7. The largest absolute Gasteiger partial charge is 0.447 e. The molecule has 1 aromatic rings. The molecular formula is C24H33ClN2O6. The van der Waals surface area contributed by atoms with Crippen molar-refractivity contribution in [1.82, 2.24) is 10.6 Å². The molecule has 182 valence electrons. The van der Waals surface area contributed by atoms with Crippen LogP contribution in [0.25, 0.3) is 0 Å². The number of carbonyl (C=O) groups excluding carboxylic acids is 2. The molecule has 0 saturated heterocycles. The second-order valence-electron chi connectivity index (χ2n) is 7.93. The minimum absolute atomic E-state index is 0.203. The second-order valence-corrected chi connectivity index (χ2v) is 8.52. The summed E-state index contributed by atoms with van der Waals surface area (Å²) in [6.07, 6.45) is 3.06. The third kappa shape index (κ3) is 8.16. The Morgan fingerprint density at radius 1 is 1.15 bits per heavy atom. The van der Waals surface area contributed by atoms with E-state index in [-0.39, 0.29) is 12.6 Å². The highest BCUT2D eigenvalue weighted by atomic mass is 35.5. The third-order valence-corrected chi connectivity index (χ3v) is 5.53. The van der Waals surface area contributed by atoms with Crippen LogP contribution in [0.5, 0.6) is 0 Å². The zero-order valence-corrected chi connectivity index (χ0v) is 20.4. The van der Waals surface area contributed by atoms with Crippen LogP contribution in [-0.2, 0) is 30.3 Å². The van der Waals surface area contributed by atoms with Crippen LogP contribution >= 0.6 is 11.6 Å². The van der Waals surface area contributed by atoms with Gasteiger partial charge in [-0.15, -0.1) is 0 Å². The number of hydrogen-bond donors (Lipinski definition) is 2. The van der Waals surface area contributed by atoms with Gasteiger partial charge >= 0.3 is 6.09 Å². The van der Waals surface area contributed by atoms with Crippen LogP contribution in [0.1, 0.15) is 26.3 Å². The van der Waals surface area contributed by atoms with Crippen molar-refractivity contribution in [1.29, 1.82) is 0 Å². The Kier molecular flexibility index (Phi) is 10.4. The molecule has 0 heterocycles. The van der Waals surface area contributed by atoms with Gasteiger partial charge in [0.2, 0.25) is 5.91 Å². The van der Waals surface area contributed by atoms with E-state index in [4.69, 9.17) is 30.5 Å². The van der Waals surface area contributed by atoms with Gasteiger partial charge in [-0.3, -0.25) is 4.79 Å². The Morgan fingerprint density at radius 3 is 2.45 bits per heavy atom. The molecule has 0 saturated carbocycles. The van der Waals surface area contributed by atoms with Gasteiger partial charge < -0.3 is 29.6 Å². The summed E-state index contributed by atoms with van der Waals surface area (Å²) in [5, 5.41) is 4.34. The lowest BCUT2D eigenvalue weighted by Gasteiger charge is -2.32. The van der Waals surface area contributed by atoms with E-state index in [0.29, 0.717) is 6.61 Å². The van der Waals surface area contributed by atoms with E-state index in [2.05, 4.69) is 10.6 Å². The summed E-state index contributed by atoms with van der Waals surface area (Å²) in [4.78, 5) is 25.2. The predicted molar refractivity (Wildman–Crippen MR) is 126 cm³/mol. The molecule has 0 aromatic heterocycles. The molecule has 33 heavy (non-hydrogen) atoms. The number of benzene rings is 1. The van der Waals surface area contributed by atoms with Gasteiger partial charge in [-0.2, -0.15) is 0 Å². The van der Waals surface area contributed by atoms with Crippen molar-refractivity contribution in [3.63, 3.8) is 0 Å². The quantitative estimate of drug-likeness (QED) is 0.472. The predicted octanol–water partition coefficient (Wildman–Crippen LogP) is 3.30. The van der Waals surface area contributed by atoms with Gasteiger partial charge in [-0.1, -0.05) is 48.0 Å². The average molecular weight is 481 g/mol. The number of nitrogens with one attached hydrogen (secondary N) is 2. The molecule has 0 radical (unpaired) electrons. The summed E-state index contributed by atoms with van der Waals surface area (Å²) in [6, 6.07) is 8.61. The Labute approximate surface area is 200 Å². The van der Waals surface area contributed by atoms with Gasteiger partial charge in [0.15, 0.2) is 5.06 Å². The average Bonchev–Trinajstić information content (AvgIpc) is 2.80. The molecule has 2 rings (SSSR count). The molecule has 8 nitrogen and oxygen atoms in total. The minimum atomic E-state index is -1.10. The zero-order chi connectivity index (χ0) is 24.4. The summed E-state index contributed by atoms with van der Waals surface area (Å²) < 4.78 is 21.7. The highest BCUT2D eigenvalue weighted by Crippen LogP contribution is 2.30. The maximum Gasteiger partial charge on any atom is 0.408 e. The fourth-order valence-electron chi connectivity index (χ4n) is 3.18. The summed E-state index contributed by atoms with van der Waals surface area (Å²) >= 11 is 6.39. The Bertz CT molecular complexity index is 845. The lowest BCUT2D eigenvalue weighted by Crippen LogP contribution is -2.53. The van der Waals surface area contributed by atoms with Crippen LogP contribution in [0.15, 0.2) is 54.1 Å². The normalized spacial score (nSPS) is 21.8. The van der Waals surface area contributed by atoms with E-state index in [0.717, 1.165) is 11.1 Å². The van der Waals surface area contributed by atoms with E-state index >= 15 is 0 Å². The fraction of sp³-hybridized carbons (Fsp3) is 0.500. The van der Waals surface area contributed by atoms with Crippen LogP contribution < -0.4 is 10.6 Å². The molecule has 2 unspecified atom stereocenters. The summed E-state index contributed by atoms with van der Waals surface area (Å²) in [5.41, 5.74) is 1.74. The van der Waals surface area contributed by atoms with E-state index in [1.54, 1.807) is 39.0 Å². The van der Waals surface area contributed by atoms with Gasteiger partial charge in [0.1, 0.15) is 12.1 Å². The Morgan fingerprint density at radius 2 is 1.85 bits per heavy atom. The first-order valence-corrected chi connectivity index (χ1v) is 11.1. The smallest absolute Gasteiger partial charge is 0.408 e. The molecule has 0 fully saturated rings. The van der Waals surface area contributed by atoms with Gasteiger partial charge in [-0.25, -0.2) is 4.79 Å². The van der Waals surface area contributed by atoms with E-state index in [1.165, 1.54) is 14.2 Å². The number of amides is 2. The maximum absolute atomic E-state index is 13.0. The van der Waals surface area contributed by atoms with Crippen LogP contribution in [0, 0.1) is 0 Å². The van der Waals surface area contributed by atoms with E-state index in [1.807, 2.05) is 30.3 Å². The van der Waals surface area contributed by atoms with E-state index in [9.17, 15) is 9.59 Å². The van der Waals surface area contributed by atoms with Crippen LogP contribution in [0.2, 0.25) is 0 Å².